The highest BCUT2D eigenvalue weighted by molar-refractivity contribution is 7.16. The zero-order valence-corrected chi connectivity index (χ0v) is 13.5. The molecule has 0 bridgehead atoms. The Labute approximate surface area is 133 Å². The van der Waals surface area contributed by atoms with Gasteiger partial charge in [0.05, 0.1) is 10.4 Å². The zero-order valence-electron chi connectivity index (χ0n) is 11.9. The molecule has 2 heterocycles. The maximum absolute atomic E-state index is 13.7. The summed E-state index contributed by atoms with van der Waals surface area (Å²) in [5, 5.41) is 3.37. The second-order valence-electron chi connectivity index (χ2n) is 5.33. The number of benzene rings is 1. The van der Waals surface area contributed by atoms with Crippen molar-refractivity contribution in [2.75, 3.05) is 26.2 Å². The minimum absolute atomic E-state index is 0.0836. The van der Waals surface area contributed by atoms with E-state index in [0.29, 0.717) is 0 Å². The highest BCUT2D eigenvalue weighted by Crippen LogP contribution is 2.36. The normalized spacial score (nSPS) is 17.9. The van der Waals surface area contributed by atoms with E-state index in [1.165, 1.54) is 10.9 Å². The number of piperazine rings is 1. The Balaban J connectivity index is 2.04. The number of hydrogen-bond acceptors (Lipinski definition) is 3. The van der Waals surface area contributed by atoms with E-state index in [1.807, 2.05) is 19.1 Å². The van der Waals surface area contributed by atoms with Crippen LogP contribution in [0.4, 0.5) is 4.39 Å². The molecule has 0 saturated carbocycles. The molecule has 3 rings (SSSR count). The first kappa shape index (κ1) is 15.0. The standard InChI is InChI=1S/C16H18ClFN2S/c1-11-2-3-12(18)10-13(11)16(14-4-5-15(17)21-14)20-8-6-19-7-9-20/h2-5,10,16,19H,6-9H2,1H3/t16-/m0/s1. The average Bonchev–Trinajstić information content (AvgIpc) is 2.90. The molecule has 1 aliphatic heterocycles. The van der Waals surface area contributed by atoms with Gasteiger partial charge < -0.3 is 5.32 Å². The van der Waals surface area contributed by atoms with Gasteiger partial charge in [0.2, 0.25) is 0 Å². The van der Waals surface area contributed by atoms with E-state index in [1.54, 1.807) is 17.4 Å². The Bertz CT molecular complexity index is 622. The van der Waals surface area contributed by atoms with Gasteiger partial charge in [0.25, 0.3) is 0 Å². The maximum atomic E-state index is 13.7. The Morgan fingerprint density at radius 2 is 2.00 bits per heavy atom. The van der Waals surface area contributed by atoms with Crippen molar-refractivity contribution in [2.24, 2.45) is 0 Å². The topological polar surface area (TPSA) is 15.3 Å². The van der Waals surface area contributed by atoms with Crippen LogP contribution in [0, 0.1) is 12.7 Å². The van der Waals surface area contributed by atoms with Crippen molar-refractivity contribution in [3.8, 4) is 0 Å². The predicted octanol–water partition coefficient (Wildman–Crippen LogP) is 3.84. The second kappa shape index (κ2) is 6.44. The highest BCUT2D eigenvalue weighted by Gasteiger charge is 2.26. The van der Waals surface area contributed by atoms with E-state index in [4.69, 9.17) is 11.6 Å². The van der Waals surface area contributed by atoms with E-state index in [-0.39, 0.29) is 11.9 Å². The smallest absolute Gasteiger partial charge is 0.123 e. The molecular formula is C16H18ClFN2S. The lowest BCUT2D eigenvalue weighted by Gasteiger charge is -2.35. The fraction of sp³-hybridized carbons (Fsp3) is 0.375. The number of nitrogens with zero attached hydrogens (tertiary/aromatic N) is 1. The monoisotopic (exact) mass is 324 g/mol. The van der Waals surface area contributed by atoms with Crippen molar-refractivity contribution >= 4 is 22.9 Å². The molecule has 1 saturated heterocycles. The number of hydrogen-bond donors (Lipinski definition) is 1. The van der Waals surface area contributed by atoms with Gasteiger partial charge in [-0.3, -0.25) is 4.90 Å². The molecule has 0 amide bonds. The molecule has 21 heavy (non-hydrogen) atoms. The van der Waals surface area contributed by atoms with Crippen LogP contribution in [0.25, 0.3) is 0 Å². The summed E-state index contributed by atoms with van der Waals surface area (Å²) in [5.41, 5.74) is 2.15. The summed E-state index contributed by atoms with van der Waals surface area (Å²) in [4.78, 5) is 3.58. The number of rotatable bonds is 3. The first-order valence-corrected chi connectivity index (χ1v) is 8.30. The van der Waals surface area contributed by atoms with E-state index in [9.17, 15) is 4.39 Å². The molecule has 1 N–H and O–H groups in total. The predicted molar refractivity (Wildman–Crippen MR) is 86.8 cm³/mol. The molecule has 1 aromatic heterocycles. The lowest BCUT2D eigenvalue weighted by atomic mass is 9.98. The molecule has 2 nitrogen and oxygen atoms in total. The highest BCUT2D eigenvalue weighted by atomic mass is 35.5. The lowest BCUT2D eigenvalue weighted by Crippen LogP contribution is -2.45. The van der Waals surface area contributed by atoms with Crippen LogP contribution in [-0.4, -0.2) is 31.1 Å². The van der Waals surface area contributed by atoms with E-state index < -0.39 is 0 Å². The van der Waals surface area contributed by atoms with Gasteiger partial charge in [-0.15, -0.1) is 11.3 Å². The summed E-state index contributed by atoms with van der Waals surface area (Å²) in [6, 6.07) is 9.11. The van der Waals surface area contributed by atoms with E-state index >= 15 is 0 Å². The molecule has 1 aromatic carbocycles. The van der Waals surface area contributed by atoms with Crippen molar-refractivity contribution in [2.45, 2.75) is 13.0 Å². The van der Waals surface area contributed by atoms with Gasteiger partial charge in [0.15, 0.2) is 0 Å². The first-order valence-electron chi connectivity index (χ1n) is 7.11. The Kier molecular flexibility index (Phi) is 4.60. The molecular weight excluding hydrogens is 307 g/mol. The lowest BCUT2D eigenvalue weighted by molar-refractivity contribution is 0.200. The number of halogens is 2. The molecule has 0 radical (unpaired) electrons. The number of thiophene rings is 1. The van der Waals surface area contributed by atoms with Gasteiger partial charge in [-0.25, -0.2) is 4.39 Å². The van der Waals surface area contributed by atoms with Crippen LogP contribution < -0.4 is 5.32 Å². The van der Waals surface area contributed by atoms with Crippen LogP contribution in [0.1, 0.15) is 22.0 Å². The van der Waals surface area contributed by atoms with Crippen molar-refractivity contribution in [3.05, 3.63) is 56.5 Å². The summed E-state index contributed by atoms with van der Waals surface area (Å²) < 4.78 is 14.5. The van der Waals surface area contributed by atoms with E-state index in [0.717, 1.165) is 41.6 Å². The van der Waals surface area contributed by atoms with Crippen LogP contribution >= 0.6 is 22.9 Å². The van der Waals surface area contributed by atoms with Gasteiger partial charge in [-0.05, 0) is 42.3 Å². The molecule has 2 aromatic rings. The molecule has 1 aliphatic rings. The molecule has 1 atom stereocenters. The van der Waals surface area contributed by atoms with Crippen molar-refractivity contribution in [3.63, 3.8) is 0 Å². The van der Waals surface area contributed by atoms with Gasteiger partial charge >= 0.3 is 0 Å². The van der Waals surface area contributed by atoms with Crippen LogP contribution in [0.15, 0.2) is 30.3 Å². The molecule has 0 aliphatic carbocycles. The molecule has 1 fully saturated rings. The Morgan fingerprint density at radius 3 is 2.67 bits per heavy atom. The summed E-state index contributed by atoms with van der Waals surface area (Å²) in [5.74, 6) is -0.182. The third-order valence-electron chi connectivity index (χ3n) is 3.92. The quantitative estimate of drug-likeness (QED) is 0.922. The van der Waals surface area contributed by atoms with Gasteiger partial charge in [0.1, 0.15) is 5.82 Å². The minimum atomic E-state index is -0.182. The van der Waals surface area contributed by atoms with Crippen LogP contribution in [-0.2, 0) is 0 Å². The fourth-order valence-electron chi connectivity index (χ4n) is 2.85. The summed E-state index contributed by atoms with van der Waals surface area (Å²) >= 11 is 7.70. The first-order chi connectivity index (χ1) is 10.1. The Hall–Kier alpha value is -0.940. The third kappa shape index (κ3) is 3.29. The van der Waals surface area contributed by atoms with Crippen molar-refractivity contribution in [1.82, 2.24) is 10.2 Å². The van der Waals surface area contributed by atoms with Crippen LogP contribution in [0.5, 0.6) is 0 Å². The maximum Gasteiger partial charge on any atom is 0.123 e. The van der Waals surface area contributed by atoms with Crippen LogP contribution in [0.3, 0.4) is 0 Å². The van der Waals surface area contributed by atoms with Crippen LogP contribution in [0.2, 0.25) is 4.34 Å². The Morgan fingerprint density at radius 1 is 1.24 bits per heavy atom. The largest absolute Gasteiger partial charge is 0.314 e. The SMILES string of the molecule is Cc1ccc(F)cc1[C@@H](c1ccc(Cl)s1)N1CCNCC1. The fourth-order valence-corrected chi connectivity index (χ4v) is 4.07. The average molecular weight is 325 g/mol. The van der Waals surface area contributed by atoms with Gasteiger partial charge in [-0.2, -0.15) is 0 Å². The molecule has 112 valence electrons. The summed E-state index contributed by atoms with van der Waals surface area (Å²) in [7, 11) is 0. The third-order valence-corrected chi connectivity index (χ3v) is 5.20. The molecule has 5 heteroatoms. The minimum Gasteiger partial charge on any atom is -0.314 e. The molecule has 0 spiro atoms. The van der Waals surface area contributed by atoms with Crippen molar-refractivity contribution in [1.29, 1.82) is 0 Å². The molecule has 0 unspecified atom stereocenters. The van der Waals surface area contributed by atoms with Crippen molar-refractivity contribution < 1.29 is 4.39 Å². The second-order valence-corrected chi connectivity index (χ2v) is 7.08. The van der Waals surface area contributed by atoms with E-state index in [2.05, 4.69) is 16.3 Å². The zero-order chi connectivity index (χ0) is 14.8. The summed E-state index contributed by atoms with van der Waals surface area (Å²) in [6.45, 7) is 5.87. The number of aryl methyl sites for hydroxylation is 1. The van der Waals surface area contributed by atoms with Gasteiger partial charge in [-0.1, -0.05) is 17.7 Å². The van der Waals surface area contributed by atoms with Gasteiger partial charge in [0, 0.05) is 31.1 Å². The summed E-state index contributed by atoms with van der Waals surface area (Å²) in [6.07, 6.45) is 0. The number of nitrogens with one attached hydrogen (secondary N) is 1.